The van der Waals surface area contributed by atoms with Gasteiger partial charge in [-0.3, -0.25) is 0 Å². The fourth-order valence-electron chi connectivity index (χ4n) is 2.60. The van der Waals surface area contributed by atoms with Crippen molar-refractivity contribution in [2.45, 2.75) is 32.2 Å². The molecule has 0 bridgehead atoms. The second-order valence-corrected chi connectivity index (χ2v) is 5.98. The van der Waals surface area contributed by atoms with Crippen LogP contribution in [0.2, 0.25) is 0 Å². The van der Waals surface area contributed by atoms with E-state index in [2.05, 4.69) is 52.2 Å². The lowest BCUT2D eigenvalue weighted by molar-refractivity contribution is 0.412. The van der Waals surface area contributed by atoms with E-state index in [0.717, 1.165) is 34.3 Å². The second-order valence-electron chi connectivity index (χ2n) is 5.07. The van der Waals surface area contributed by atoms with E-state index in [1.165, 1.54) is 12.0 Å². The number of hydrogen-bond donors (Lipinski definition) is 2. The molecule has 0 spiro atoms. The molecule has 5 heteroatoms. The molecule has 1 unspecified atom stereocenters. The molecule has 1 aliphatic heterocycles. The van der Waals surface area contributed by atoms with Crippen LogP contribution in [0, 0.1) is 6.92 Å². The summed E-state index contributed by atoms with van der Waals surface area (Å²) >= 11 is 3.53. The largest absolute Gasteiger partial charge is 0.340 e. The van der Waals surface area contributed by atoms with Gasteiger partial charge < -0.3 is 10.3 Å². The summed E-state index contributed by atoms with van der Waals surface area (Å²) in [6.07, 6.45) is 2.36. The molecular weight excluding hydrogens is 314 g/mol. The molecule has 2 N–H and O–H groups in total. The molecule has 18 heavy (non-hydrogen) atoms. The van der Waals surface area contributed by atoms with Crippen molar-refractivity contribution in [3.8, 4) is 0 Å². The van der Waals surface area contributed by atoms with Crippen molar-refractivity contribution < 1.29 is 0 Å². The lowest BCUT2D eigenvalue weighted by Crippen LogP contribution is -2.34. The van der Waals surface area contributed by atoms with Crippen LogP contribution in [0.15, 0.2) is 16.6 Å². The molecule has 1 aliphatic rings. The van der Waals surface area contributed by atoms with Crippen molar-refractivity contribution >= 4 is 39.4 Å². The van der Waals surface area contributed by atoms with E-state index >= 15 is 0 Å². The normalized spacial score (nSPS) is 23.3. The summed E-state index contributed by atoms with van der Waals surface area (Å²) in [4.78, 5) is 8.22. The number of halogens is 2. The molecule has 1 aromatic heterocycles. The van der Waals surface area contributed by atoms with Gasteiger partial charge in [0.2, 0.25) is 0 Å². The molecule has 1 fully saturated rings. The number of rotatable bonds is 1. The summed E-state index contributed by atoms with van der Waals surface area (Å²) in [7, 11) is 0. The summed E-state index contributed by atoms with van der Waals surface area (Å²) in [6, 6.07) is 4.20. The van der Waals surface area contributed by atoms with Crippen LogP contribution < -0.4 is 5.32 Å². The Morgan fingerprint density at radius 2 is 2.17 bits per heavy atom. The zero-order chi connectivity index (χ0) is 12.0. The van der Waals surface area contributed by atoms with Crippen LogP contribution in [0.25, 0.3) is 11.0 Å². The van der Waals surface area contributed by atoms with Crippen molar-refractivity contribution in [3.63, 3.8) is 0 Å². The highest BCUT2D eigenvalue weighted by Gasteiger charge is 2.33. The topological polar surface area (TPSA) is 40.7 Å². The van der Waals surface area contributed by atoms with Crippen LogP contribution in [0.4, 0.5) is 0 Å². The zero-order valence-corrected chi connectivity index (χ0v) is 12.9. The molecule has 0 radical (unpaired) electrons. The van der Waals surface area contributed by atoms with Gasteiger partial charge in [-0.25, -0.2) is 4.98 Å². The van der Waals surface area contributed by atoms with Crippen LogP contribution in [-0.4, -0.2) is 16.5 Å². The maximum Gasteiger partial charge on any atom is 0.127 e. The molecule has 0 saturated carbocycles. The molecule has 1 atom stereocenters. The lowest BCUT2D eigenvalue weighted by atomic mass is 10.00. The molecule has 2 heterocycles. The molecule has 0 amide bonds. The maximum atomic E-state index is 4.77. The summed E-state index contributed by atoms with van der Waals surface area (Å²) < 4.78 is 1.10. The van der Waals surface area contributed by atoms with Gasteiger partial charge in [0.1, 0.15) is 5.82 Å². The highest BCUT2D eigenvalue weighted by molar-refractivity contribution is 9.10. The number of benzene rings is 1. The molecule has 0 aliphatic carbocycles. The highest BCUT2D eigenvalue weighted by Crippen LogP contribution is 2.31. The number of fused-ring (bicyclic) bond motifs is 1. The smallest absolute Gasteiger partial charge is 0.127 e. The van der Waals surface area contributed by atoms with E-state index in [9.17, 15) is 0 Å². The molecule has 1 aromatic carbocycles. The first kappa shape index (κ1) is 13.8. The van der Waals surface area contributed by atoms with Crippen LogP contribution in [0.1, 0.15) is 31.2 Å². The Kier molecular flexibility index (Phi) is 3.72. The summed E-state index contributed by atoms with van der Waals surface area (Å²) in [5.74, 6) is 1.06. The average molecular weight is 331 g/mol. The van der Waals surface area contributed by atoms with E-state index in [1.54, 1.807) is 0 Å². The minimum absolute atomic E-state index is 0. The van der Waals surface area contributed by atoms with Crippen LogP contribution in [-0.2, 0) is 5.54 Å². The summed E-state index contributed by atoms with van der Waals surface area (Å²) in [5.41, 5.74) is 3.41. The maximum absolute atomic E-state index is 4.77. The average Bonchev–Trinajstić information content (AvgIpc) is 2.84. The number of nitrogens with one attached hydrogen (secondary N) is 2. The van der Waals surface area contributed by atoms with Gasteiger partial charge in [0, 0.05) is 4.47 Å². The van der Waals surface area contributed by atoms with E-state index in [0.29, 0.717) is 0 Å². The molecule has 98 valence electrons. The predicted molar refractivity (Wildman–Crippen MR) is 80.4 cm³/mol. The van der Waals surface area contributed by atoms with E-state index in [-0.39, 0.29) is 17.9 Å². The van der Waals surface area contributed by atoms with Crippen LogP contribution in [0.3, 0.4) is 0 Å². The first-order valence-electron chi connectivity index (χ1n) is 6.00. The van der Waals surface area contributed by atoms with Gasteiger partial charge in [0.25, 0.3) is 0 Å². The number of aromatic amines is 1. The Balaban J connectivity index is 0.00000120. The Morgan fingerprint density at radius 1 is 1.39 bits per heavy atom. The van der Waals surface area contributed by atoms with Gasteiger partial charge in [-0.2, -0.15) is 0 Å². The fourth-order valence-corrected chi connectivity index (χ4v) is 3.18. The first-order chi connectivity index (χ1) is 8.08. The van der Waals surface area contributed by atoms with Crippen LogP contribution >= 0.6 is 28.3 Å². The fraction of sp³-hybridized carbons (Fsp3) is 0.462. The van der Waals surface area contributed by atoms with Crippen molar-refractivity contribution in [3.05, 3.63) is 28.0 Å². The Hall–Kier alpha value is -0.580. The standard InChI is InChI=1S/C13H16BrN3.ClH/c1-8-6-9(14)7-10-11(8)17-12(16-10)13(2)4-3-5-15-13;/h6-7,15H,3-5H2,1-2H3,(H,16,17);1H. The van der Waals surface area contributed by atoms with Gasteiger partial charge in [-0.15, -0.1) is 12.4 Å². The monoisotopic (exact) mass is 329 g/mol. The van der Waals surface area contributed by atoms with Gasteiger partial charge in [0.05, 0.1) is 16.6 Å². The minimum atomic E-state index is 0. The predicted octanol–water partition coefficient (Wildman–Crippen LogP) is 3.65. The molecule has 3 rings (SSSR count). The number of aryl methyl sites for hydroxylation is 1. The molecule has 1 saturated heterocycles. The van der Waals surface area contributed by atoms with Gasteiger partial charge in [-0.05, 0) is 50.9 Å². The number of imidazole rings is 1. The van der Waals surface area contributed by atoms with Crippen LogP contribution in [0.5, 0.6) is 0 Å². The number of nitrogens with zero attached hydrogens (tertiary/aromatic N) is 1. The summed E-state index contributed by atoms with van der Waals surface area (Å²) in [5, 5.41) is 3.54. The number of H-pyrrole nitrogens is 1. The molecule has 2 aromatic rings. The molecular formula is C13H17BrClN3. The first-order valence-corrected chi connectivity index (χ1v) is 6.79. The van der Waals surface area contributed by atoms with Crippen molar-refractivity contribution in [2.24, 2.45) is 0 Å². The van der Waals surface area contributed by atoms with Crippen molar-refractivity contribution in [1.29, 1.82) is 0 Å². The third-order valence-corrected chi connectivity index (χ3v) is 4.09. The highest BCUT2D eigenvalue weighted by atomic mass is 79.9. The quantitative estimate of drug-likeness (QED) is 0.838. The minimum Gasteiger partial charge on any atom is -0.340 e. The Labute approximate surface area is 121 Å². The number of aromatic nitrogens is 2. The van der Waals surface area contributed by atoms with Crippen molar-refractivity contribution in [2.75, 3.05) is 6.54 Å². The van der Waals surface area contributed by atoms with Gasteiger partial charge in [0.15, 0.2) is 0 Å². The van der Waals surface area contributed by atoms with Gasteiger partial charge >= 0.3 is 0 Å². The zero-order valence-electron chi connectivity index (χ0n) is 10.5. The van der Waals surface area contributed by atoms with E-state index in [4.69, 9.17) is 4.98 Å². The lowest BCUT2D eigenvalue weighted by Gasteiger charge is -2.21. The van der Waals surface area contributed by atoms with E-state index < -0.39 is 0 Å². The molecule has 3 nitrogen and oxygen atoms in total. The Bertz CT molecular complexity index is 573. The third-order valence-electron chi connectivity index (χ3n) is 3.63. The van der Waals surface area contributed by atoms with Gasteiger partial charge in [-0.1, -0.05) is 15.9 Å². The summed E-state index contributed by atoms with van der Waals surface area (Å²) in [6.45, 7) is 5.40. The Morgan fingerprint density at radius 3 is 2.83 bits per heavy atom. The number of hydrogen-bond acceptors (Lipinski definition) is 2. The second kappa shape index (κ2) is 4.83. The van der Waals surface area contributed by atoms with Crippen molar-refractivity contribution in [1.82, 2.24) is 15.3 Å². The third kappa shape index (κ3) is 2.17. The SMILES string of the molecule is Cc1cc(Br)cc2[nH]c(C3(C)CCCN3)nc12.Cl. The van der Waals surface area contributed by atoms with E-state index in [1.807, 2.05) is 0 Å².